The number of rotatable bonds is 6. The molecule has 1 aliphatic rings. The Kier molecular flexibility index (Phi) is 6.22. The van der Waals surface area contributed by atoms with E-state index in [2.05, 4.69) is 55.3 Å². The molecule has 3 nitrogen and oxygen atoms in total. The molecule has 1 heterocycles. The number of ether oxygens (including phenoxy) is 1. The van der Waals surface area contributed by atoms with E-state index < -0.39 is 0 Å². The minimum absolute atomic E-state index is 0.234. The Labute approximate surface area is 129 Å². The third-order valence-corrected chi connectivity index (χ3v) is 4.26. The van der Waals surface area contributed by atoms with Crippen LogP contribution >= 0.6 is 0 Å². The molecule has 1 fully saturated rings. The molecular weight excluding hydrogens is 260 g/mol. The molecule has 1 N–H and O–H groups in total. The van der Waals surface area contributed by atoms with Crippen molar-refractivity contribution in [3.63, 3.8) is 0 Å². The smallest absolute Gasteiger partial charge is 0.0896 e. The number of hydrogen-bond donors (Lipinski definition) is 1. The Morgan fingerprint density at radius 1 is 1.38 bits per heavy atom. The molecule has 1 saturated heterocycles. The van der Waals surface area contributed by atoms with Gasteiger partial charge in [0, 0.05) is 13.1 Å². The van der Waals surface area contributed by atoms with Gasteiger partial charge >= 0.3 is 0 Å². The molecule has 3 heteroatoms. The third kappa shape index (κ3) is 4.53. The van der Waals surface area contributed by atoms with E-state index in [1.807, 2.05) is 7.05 Å². The maximum atomic E-state index is 6.03. The first kappa shape index (κ1) is 16.5. The zero-order chi connectivity index (χ0) is 15.2. The number of morpholine rings is 1. The lowest BCUT2D eigenvalue weighted by molar-refractivity contribution is -0.0444. The Bertz CT molecular complexity index is 433. The molecule has 0 amide bonds. The van der Waals surface area contributed by atoms with Crippen LogP contribution in [0.4, 0.5) is 0 Å². The van der Waals surface area contributed by atoms with Crippen molar-refractivity contribution < 1.29 is 4.74 Å². The lowest BCUT2D eigenvalue weighted by Gasteiger charge is -2.36. The summed E-state index contributed by atoms with van der Waals surface area (Å²) in [6.45, 7) is 10.8. The summed E-state index contributed by atoms with van der Waals surface area (Å²) in [6.07, 6.45) is 1.37. The Hall–Kier alpha value is -0.900. The molecule has 1 aromatic rings. The Morgan fingerprint density at radius 2 is 2.19 bits per heavy atom. The fourth-order valence-electron chi connectivity index (χ4n) is 3.17. The van der Waals surface area contributed by atoms with Gasteiger partial charge in [0.1, 0.15) is 0 Å². The minimum Gasteiger partial charge on any atom is -0.374 e. The monoisotopic (exact) mass is 290 g/mol. The van der Waals surface area contributed by atoms with E-state index in [0.29, 0.717) is 5.92 Å². The molecule has 1 aromatic carbocycles. The minimum atomic E-state index is 0.234. The summed E-state index contributed by atoms with van der Waals surface area (Å²) < 4.78 is 6.03. The van der Waals surface area contributed by atoms with Crippen molar-refractivity contribution in [2.45, 2.75) is 39.3 Å². The van der Waals surface area contributed by atoms with Crippen molar-refractivity contribution in [2.24, 2.45) is 5.92 Å². The lowest BCUT2D eigenvalue weighted by Crippen LogP contribution is -2.47. The van der Waals surface area contributed by atoms with Gasteiger partial charge in [0.15, 0.2) is 0 Å². The van der Waals surface area contributed by atoms with Crippen molar-refractivity contribution in [1.29, 1.82) is 0 Å². The number of nitrogens with zero attached hydrogens (tertiary/aromatic N) is 1. The van der Waals surface area contributed by atoms with Crippen LogP contribution in [-0.4, -0.2) is 44.3 Å². The predicted molar refractivity (Wildman–Crippen MR) is 88.6 cm³/mol. The highest BCUT2D eigenvalue weighted by molar-refractivity contribution is 5.27. The van der Waals surface area contributed by atoms with Crippen LogP contribution in [0.3, 0.4) is 0 Å². The van der Waals surface area contributed by atoms with E-state index in [-0.39, 0.29) is 12.1 Å². The second-order valence-corrected chi connectivity index (χ2v) is 6.41. The molecule has 21 heavy (non-hydrogen) atoms. The molecule has 2 unspecified atom stereocenters. The van der Waals surface area contributed by atoms with E-state index in [4.69, 9.17) is 4.74 Å². The Balaban J connectivity index is 2.12. The van der Waals surface area contributed by atoms with Crippen LogP contribution in [0.5, 0.6) is 0 Å². The number of hydrogen-bond acceptors (Lipinski definition) is 3. The van der Waals surface area contributed by atoms with Crippen LogP contribution in [0.2, 0.25) is 0 Å². The van der Waals surface area contributed by atoms with Gasteiger partial charge in [0.05, 0.1) is 18.8 Å². The summed E-state index contributed by atoms with van der Waals surface area (Å²) in [5.41, 5.74) is 2.77. The lowest BCUT2D eigenvalue weighted by atomic mass is 9.95. The van der Waals surface area contributed by atoms with Gasteiger partial charge in [0.2, 0.25) is 0 Å². The highest BCUT2D eigenvalue weighted by atomic mass is 16.5. The van der Waals surface area contributed by atoms with Crippen molar-refractivity contribution in [3.05, 3.63) is 35.4 Å². The number of benzene rings is 1. The van der Waals surface area contributed by atoms with Gasteiger partial charge in [-0.05, 0) is 37.1 Å². The van der Waals surface area contributed by atoms with Crippen LogP contribution in [0, 0.1) is 5.92 Å². The molecule has 0 bridgehead atoms. The third-order valence-electron chi connectivity index (χ3n) is 4.26. The molecule has 0 saturated carbocycles. The predicted octanol–water partition coefficient (Wildman–Crippen LogP) is 2.87. The molecule has 0 spiro atoms. The standard InChI is InChI=1S/C18H30N2O/c1-5-20-9-10-21-17(13-20)18(19-4)16-8-6-7-15(12-16)11-14(2)3/h6-8,12,14,17-19H,5,9-11,13H2,1-4H3. The summed E-state index contributed by atoms with van der Waals surface area (Å²) in [4.78, 5) is 2.47. The van der Waals surface area contributed by atoms with E-state index in [9.17, 15) is 0 Å². The van der Waals surface area contributed by atoms with Crippen molar-refractivity contribution in [3.8, 4) is 0 Å². The van der Waals surface area contributed by atoms with Gasteiger partial charge in [-0.2, -0.15) is 0 Å². The van der Waals surface area contributed by atoms with Crippen molar-refractivity contribution >= 4 is 0 Å². The average molecular weight is 290 g/mol. The quantitative estimate of drug-likeness (QED) is 0.872. The number of likely N-dealkylation sites (N-methyl/N-ethyl adjacent to an activating group) is 2. The Morgan fingerprint density at radius 3 is 2.86 bits per heavy atom. The van der Waals surface area contributed by atoms with Crippen LogP contribution in [0.25, 0.3) is 0 Å². The van der Waals surface area contributed by atoms with Crippen molar-refractivity contribution in [2.75, 3.05) is 33.3 Å². The van der Waals surface area contributed by atoms with Gasteiger partial charge in [-0.3, -0.25) is 4.90 Å². The SMILES string of the molecule is CCN1CCOC(C(NC)c2cccc(CC(C)C)c2)C1. The largest absolute Gasteiger partial charge is 0.374 e. The van der Waals surface area contributed by atoms with E-state index in [1.54, 1.807) is 0 Å². The fraction of sp³-hybridized carbons (Fsp3) is 0.667. The van der Waals surface area contributed by atoms with E-state index in [0.717, 1.165) is 32.7 Å². The summed E-state index contributed by atoms with van der Waals surface area (Å²) in [5.74, 6) is 0.690. The maximum absolute atomic E-state index is 6.03. The van der Waals surface area contributed by atoms with Gasteiger partial charge in [0.25, 0.3) is 0 Å². The normalized spacial score (nSPS) is 21.7. The second kappa shape index (κ2) is 7.92. The number of nitrogens with one attached hydrogen (secondary N) is 1. The molecule has 2 atom stereocenters. The molecular formula is C18H30N2O. The summed E-state index contributed by atoms with van der Waals surface area (Å²) in [7, 11) is 2.04. The molecule has 0 radical (unpaired) electrons. The summed E-state index contributed by atoms with van der Waals surface area (Å²) in [6, 6.07) is 9.24. The van der Waals surface area contributed by atoms with Gasteiger partial charge in [-0.25, -0.2) is 0 Å². The van der Waals surface area contributed by atoms with E-state index in [1.165, 1.54) is 11.1 Å². The second-order valence-electron chi connectivity index (χ2n) is 6.41. The van der Waals surface area contributed by atoms with Gasteiger partial charge < -0.3 is 10.1 Å². The average Bonchev–Trinajstić information content (AvgIpc) is 2.48. The molecule has 1 aliphatic heterocycles. The van der Waals surface area contributed by atoms with Crippen LogP contribution in [0.1, 0.15) is 37.9 Å². The fourth-order valence-corrected chi connectivity index (χ4v) is 3.17. The van der Waals surface area contributed by atoms with E-state index >= 15 is 0 Å². The van der Waals surface area contributed by atoms with Crippen LogP contribution in [-0.2, 0) is 11.2 Å². The first-order valence-corrected chi connectivity index (χ1v) is 8.24. The van der Waals surface area contributed by atoms with Gasteiger partial charge in [-0.1, -0.05) is 45.0 Å². The summed E-state index contributed by atoms with van der Waals surface area (Å²) in [5, 5.41) is 3.46. The van der Waals surface area contributed by atoms with Crippen LogP contribution in [0.15, 0.2) is 24.3 Å². The molecule has 0 aliphatic carbocycles. The maximum Gasteiger partial charge on any atom is 0.0896 e. The van der Waals surface area contributed by atoms with Gasteiger partial charge in [-0.15, -0.1) is 0 Å². The van der Waals surface area contributed by atoms with Crippen LogP contribution < -0.4 is 5.32 Å². The molecule has 2 rings (SSSR count). The highest BCUT2D eigenvalue weighted by Gasteiger charge is 2.27. The first-order chi connectivity index (χ1) is 10.1. The zero-order valence-electron chi connectivity index (χ0n) is 13.9. The molecule has 118 valence electrons. The highest BCUT2D eigenvalue weighted by Crippen LogP contribution is 2.24. The summed E-state index contributed by atoms with van der Waals surface area (Å²) >= 11 is 0. The molecule has 0 aromatic heterocycles. The van der Waals surface area contributed by atoms with Crippen molar-refractivity contribution in [1.82, 2.24) is 10.2 Å². The zero-order valence-corrected chi connectivity index (χ0v) is 13.9. The topological polar surface area (TPSA) is 24.5 Å². The first-order valence-electron chi connectivity index (χ1n) is 8.24.